The molecular weight excluding hydrogens is 461 g/mol. The first kappa shape index (κ1) is 24.2. The van der Waals surface area contributed by atoms with Crippen LogP contribution in [0.1, 0.15) is 33.6 Å². The number of aliphatic imine (C=N–C) groups is 1. The highest BCUT2D eigenvalue weighted by atomic mass is 127. The predicted octanol–water partition coefficient (Wildman–Crippen LogP) is 1.50. The minimum absolute atomic E-state index is 0. The third-order valence-electron chi connectivity index (χ3n) is 4.54. The van der Waals surface area contributed by atoms with Gasteiger partial charge in [-0.25, -0.2) is 4.79 Å². The van der Waals surface area contributed by atoms with Crippen LogP contribution in [-0.2, 0) is 9.47 Å². The molecule has 0 radical (unpaired) electrons. The standard InChI is InChI=1S/C18H35N5O3.HI/c1-18(2,3)26-17(24)21-8-5-7-20-16(19-4)23-9-6-15(14-23)22-10-12-25-13-11-22;/h15H,5-14H2,1-4H3,(H,19,20)(H,21,24);1H. The number of alkyl carbamates (subject to hydrolysis) is 1. The molecule has 2 aliphatic rings. The molecule has 2 N–H and O–H groups in total. The SMILES string of the molecule is CN=C(NCCCNC(=O)OC(C)(C)C)N1CCC(N2CCOCC2)C1.I. The second-order valence-electron chi connectivity index (χ2n) is 7.79. The van der Waals surface area contributed by atoms with Crippen molar-refractivity contribution < 1.29 is 14.3 Å². The van der Waals surface area contributed by atoms with Crippen molar-refractivity contribution in [3.63, 3.8) is 0 Å². The molecule has 1 unspecified atom stereocenters. The Morgan fingerprint density at radius 1 is 1.19 bits per heavy atom. The summed E-state index contributed by atoms with van der Waals surface area (Å²) in [6, 6.07) is 0.589. The van der Waals surface area contributed by atoms with E-state index in [0.717, 1.165) is 58.3 Å². The van der Waals surface area contributed by atoms with E-state index >= 15 is 0 Å². The number of likely N-dealkylation sites (tertiary alicyclic amines) is 1. The molecule has 1 amide bonds. The van der Waals surface area contributed by atoms with Gasteiger partial charge in [-0.1, -0.05) is 0 Å². The quantitative estimate of drug-likeness (QED) is 0.260. The molecule has 2 fully saturated rings. The van der Waals surface area contributed by atoms with Gasteiger partial charge in [0.25, 0.3) is 0 Å². The number of carbonyl (C=O) groups is 1. The lowest BCUT2D eigenvalue weighted by Crippen LogP contribution is -2.47. The van der Waals surface area contributed by atoms with E-state index in [4.69, 9.17) is 9.47 Å². The van der Waals surface area contributed by atoms with E-state index < -0.39 is 5.60 Å². The van der Waals surface area contributed by atoms with Crippen LogP contribution in [0.25, 0.3) is 0 Å². The van der Waals surface area contributed by atoms with Gasteiger partial charge in [-0.05, 0) is 33.6 Å². The minimum Gasteiger partial charge on any atom is -0.444 e. The number of rotatable bonds is 5. The van der Waals surface area contributed by atoms with Crippen molar-refractivity contribution in [2.45, 2.75) is 45.3 Å². The van der Waals surface area contributed by atoms with Crippen molar-refractivity contribution >= 4 is 36.0 Å². The number of morpholine rings is 1. The Kier molecular flexibility index (Phi) is 10.7. The van der Waals surface area contributed by atoms with Gasteiger partial charge in [-0.15, -0.1) is 24.0 Å². The predicted molar refractivity (Wildman–Crippen MR) is 118 cm³/mol. The van der Waals surface area contributed by atoms with E-state index in [1.165, 1.54) is 6.42 Å². The average molecular weight is 497 g/mol. The smallest absolute Gasteiger partial charge is 0.407 e. The van der Waals surface area contributed by atoms with Gasteiger partial charge in [0.2, 0.25) is 0 Å². The van der Waals surface area contributed by atoms with Gasteiger partial charge >= 0.3 is 6.09 Å². The van der Waals surface area contributed by atoms with E-state index in [-0.39, 0.29) is 30.1 Å². The summed E-state index contributed by atoms with van der Waals surface area (Å²) in [6.07, 6.45) is 1.62. The summed E-state index contributed by atoms with van der Waals surface area (Å²) in [5, 5.41) is 6.17. The summed E-state index contributed by atoms with van der Waals surface area (Å²) in [4.78, 5) is 20.9. The Hall–Kier alpha value is -0.810. The van der Waals surface area contributed by atoms with Crippen molar-refractivity contribution in [1.29, 1.82) is 0 Å². The molecule has 0 spiro atoms. The molecule has 158 valence electrons. The molecule has 0 aromatic heterocycles. The lowest BCUT2D eigenvalue weighted by atomic mass is 10.2. The first-order valence-corrected chi connectivity index (χ1v) is 9.63. The van der Waals surface area contributed by atoms with Crippen LogP contribution >= 0.6 is 24.0 Å². The van der Waals surface area contributed by atoms with Crippen molar-refractivity contribution in [3.8, 4) is 0 Å². The number of nitrogens with zero attached hydrogens (tertiary/aromatic N) is 3. The second kappa shape index (κ2) is 11.9. The molecule has 2 aliphatic heterocycles. The largest absolute Gasteiger partial charge is 0.444 e. The molecule has 2 rings (SSSR count). The van der Waals surface area contributed by atoms with Crippen molar-refractivity contribution in [1.82, 2.24) is 20.4 Å². The number of ether oxygens (including phenoxy) is 2. The maximum Gasteiger partial charge on any atom is 0.407 e. The number of amides is 1. The van der Waals surface area contributed by atoms with Crippen LogP contribution in [0.4, 0.5) is 4.79 Å². The Balaban J connectivity index is 0.00000364. The lowest BCUT2D eigenvalue weighted by molar-refractivity contribution is 0.0195. The van der Waals surface area contributed by atoms with E-state index in [2.05, 4.69) is 25.4 Å². The lowest BCUT2D eigenvalue weighted by Gasteiger charge is -2.32. The summed E-state index contributed by atoms with van der Waals surface area (Å²) in [7, 11) is 1.82. The van der Waals surface area contributed by atoms with Crippen LogP contribution in [0, 0.1) is 0 Å². The summed E-state index contributed by atoms with van der Waals surface area (Å²) in [6.45, 7) is 12.7. The van der Waals surface area contributed by atoms with Gasteiger partial charge < -0.3 is 25.0 Å². The second-order valence-corrected chi connectivity index (χ2v) is 7.79. The molecule has 27 heavy (non-hydrogen) atoms. The number of nitrogens with one attached hydrogen (secondary N) is 2. The highest BCUT2D eigenvalue weighted by Crippen LogP contribution is 2.17. The normalized spacial score (nSPS) is 21.6. The third-order valence-corrected chi connectivity index (χ3v) is 4.54. The fraction of sp³-hybridized carbons (Fsp3) is 0.889. The first-order chi connectivity index (χ1) is 12.4. The van der Waals surface area contributed by atoms with Gasteiger partial charge in [0.05, 0.1) is 13.2 Å². The number of carbonyl (C=O) groups excluding carboxylic acids is 1. The van der Waals surface area contributed by atoms with Gasteiger partial charge in [-0.3, -0.25) is 9.89 Å². The molecule has 0 aliphatic carbocycles. The molecule has 2 heterocycles. The fourth-order valence-corrected chi connectivity index (χ4v) is 3.30. The molecular formula is C18H36IN5O3. The maximum absolute atomic E-state index is 11.6. The van der Waals surface area contributed by atoms with Gasteiger partial charge in [0.15, 0.2) is 5.96 Å². The molecule has 9 heteroatoms. The molecule has 8 nitrogen and oxygen atoms in total. The fourth-order valence-electron chi connectivity index (χ4n) is 3.30. The maximum atomic E-state index is 11.6. The van der Waals surface area contributed by atoms with Crippen LogP contribution in [0.5, 0.6) is 0 Å². The van der Waals surface area contributed by atoms with E-state index in [1.54, 1.807) is 0 Å². The highest BCUT2D eigenvalue weighted by Gasteiger charge is 2.30. The van der Waals surface area contributed by atoms with Crippen molar-refractivity contribution in [2.75, 3.05) is 59.5 Å². The van der Waals surface area contributed by atoms with Crippen molar-refractivity contribution in [2.24, 2.45) is 4.99 Å². The molecule has 2 saturated heterocycles. The number of guanidine groups is 1. The summed E-state index contributed by atoms with van der Waals surface area (Å²) < 4.78 is 10.7. The van der Waals surface area contributed by atoms with Gasteiger partial charge in [0, 0.05) is 52.4 Å². The number of hydrogen-bond acceptors (Lipinski definition) is 5. The molecule has 0 aromatic carbocycles. The molecule has 0 bridgehead atoms. The molecule has 0 saturated carbocycles. The molecule has 1 atom stereocenters. The Bertz CT molecular complexity index is 478. The van der Waals surface area contributed by atoms with Crippen LogP contribution in [0.15, 0.2) is 4.99 Å². The summed E-state index contributed by atoms with van der Waals surface area (Å²) in [5.74, 6) is 0.943. The molecule has 0 aromatic rings. The first-order valence-electron chi connectivity index (χ1n) is 9.63. The van der Waals surface area contributed by atoms with E-state index in [0.29, 0.717) is 12.6 Å². The van der Waals surface area contributed by atoms with Crippen LogP contribution < -0.4 is 10.6 Å². The zero-order valence-corrected chi connectivity index (χ0v) is 19.5. The van der Waals surface area contributed by atoms with Crippen molar-refractivity contribution in [3.05, 3.63) is 0 Å². The van der Waals surface area contributed by atoms with E-state index in [1.807, 2.05) is 27.8 Å². The number of halogens is 1. The average Bonchev–Trinajstić information content (AvgIpc) is 3.07. The minimum atomic E-state index is -0.461. The highest BCUT2D eigenvalue weighted by molar-refractivity contribution is 14.0. The van der Waals surface area contributed by atoms with Gasteiger partial charge in [-0.2, -0.15) is 0 Å². The van der Waals surface area contributed by atoms with Crippen LogP contribution in [-0.4, -0.2) is 93.0 Å². The van der Waals surface area contributed by atoms with Crippen LogP contribution in [0.2, 0.25) is 0 Å². The zero-order valence-electron chi connectivity index (χ0n) is 17.1. The Morgan fingerprint density at radius 2 is 1.85 bits per heavy atom. The summed E-state index contributed by atoms with van der Waals surface area (Å²) in [5.41, 5.74) is -0.461. The topological polar surface area (TPSA) is 78.4 Å². The summed E-state index contributed by atoms with van der Waals surface area (Å²) >= 11 is 0. The number of hydrogen-bond donors (Lipinski definition) is 2. The van der Waals surface area contributed by atoms with Gasteiger partial charge in [0.1, 0.15) is 5.60 Å². The third kappa shape index (κ3) is 8.82. The monoisotopic (exact) mass is 497 g/mol. The Labute approximate surface area is 180 Å². The Morgan fingerprint density at radius 3 is 2.48 bits per heavy atom. The van der Waals surface area contributed by atoms with E-state index in [9.17, 15) is 4.79 Å². The zero-order chi connectivity index (χ0) is 19.0. The van der Waals surface area contributed by atoms with Crippen LogP contribution in [0.3, 0.4) is 0 Å².